The highest BCUT2D eigenvalue weighted by Crippen LogP contribution is 2.32. The van der Waals surface area contributed by atoms with E-state index in [0.29, 0.717) is 0 Å². The summed E-state index contributed by atoms with van der Waals surface area (Å²) in [5, 5.41) is 17.3. The molecule has 1 aliphatic rings. The molecule has 0 fully saturated rings. The van der Waals surface area contributed by atoms with Gasteiger partial charge in [0, 0.05) is 24.4 Å². The van der Waals surface area contributed by atoms with E-state index >= 15 is 0 Å². The first-order valence-electron chi connectivity index (χ1n) is 9.57. The Morgan fingerprint density at radius 3 is 2.81 bits per heavy atom. The number of carbonyl (C=O) groups excluding carboxylic acids is 1. The van der Waals surface area contributed by atoms with Crippen LogP contribution in [0.4, 0.5) is 8.78 Å². The van der Waals surface area contributed by atoms with Gasteiger partial charge in [-0.1, -0.05) is 23.7 Å². The van der Waals surface area contributed by atoms with Gasteiger partial charge in [0.1, 0.15) is 11.9 Å². The summed E-state index contributed by atoms with van der Waals surface area (Å²) >= 11 is 5.75. The van der Waals surface area contributed by atoms with Crippen molar-refractivity contribution in [2.75, 3.05) is 6.54 Å². The number of amides is 1. The number of aliphatic carboxylic acids is 1. The molecule has 31 heavy (non-hydrogen) atoms. The largest absolute Gasteiger partial charge is 0.480 e. The Bertz CT molecular complexity index is 1240. The first-order valence-corrected chi connectivity index (χ1v) is 9.95. The number of aromatic amines is 1. The fourth-order valence-electron chi connectivity index (χ4n) is 3.94. The standard InChI is InChI=1S/C22H18ClF2N3O3/c1-11-12(2-3-14-10-26-27-21(11)14)8-17(22(30)31)28-7-6-13(9-18(28)29)19-16(24)5-4-15(23)20(19)25/h2-5,9-10,17H,6-8H2,1H3,(H,26,27)(H,30,31). The molecule has 0 saturated carbocycles. The fraction of sp³-hybridized carbons (Fsp3) is 0.227. The van der Waals surface area contributed by atoms with Crippen LogP contribution in [0, 0.1) is 18.6 Å². The van der Waals surface area contributed by atoms with Gasteiger partial charge in [-0.15, -0.1) is 0 Å². The van der Waals surface area contributed by atoms with Crippen molar-refractivity contribution < 1.29 is 23.5 Å². The SMILES string of the molecule is Cc1c(CC(C(=O)O)N2CCC(c3c(F)ccc(Cl)c3F)=CC2=O)ccc2cn[nH]c12. The fourth-order valence-corrected chi connectivity index (χ4v) is 4.10. The number of rotatable bonds is 5. The number of H-pyrrole nitrogens is 1. The molecule has 3 aromatic rings. The minimum Gasteiger partial charge on any atom is -0.480 e. The number of carboxylic acids is 1. The highest BCUT2D eigenvalue weighted by Gasteiger charge is 2.33. The van der Waals surface area contributed by atoms with Crippen molar-refractivity contribution in [3.05, 3.63) is 69.9 Å². The van der Waals surface area contributed by atoms with Crippen molar-refractivity contribution in [2.24, 2.45) is 0 Å². The van der Waals surface area contributed by atoms with Gasteiger partial charge in [-0.2, -0.15) is 5.10 Å². The second-order valence-electron chi connectivity index (χ2n) is 7.41. The minimum absolute atomic E-state index is 0.0123. The van der Waals surface area contributed by atoms with Crippen LogP contribution in [-0.4, -0.2) is 44.7 Å². The molecule has 1 aromatic heterocycles. The summed E-state index contributed by atoms with van der Waals surface area (Å²) in [6, 6.07) is 4.66. The van der Waals surface area contributed by atoms with Gasteiger partial charge in [0.2, 0.25) is 5.91 Å². The Hall–Kier alpha value is -3.26. The van der Waals surface area contributed by atoms with Crippen LogP contribution in [0.25, 0.3) is 16.5 Å². The van der Waals surface area contributed by atoms with Crippen molar-refractivity contribution in [3.8, 4) is 0 Å². The van der Waals surface area contributed by atoms with Gasteiger partial charge in [0.25, 0.3) is 0 Å². The number of fused-ring (bicyclic) bond motifs is 1. The molecule has 160 valence electrons. The molecule has 2 N–H and O–H groups in total. The van der Waals surface area contributed by atoms with Crippen LogP contribution in [0.2, 0.25) is 5.02 Å². The third kappa shape index (κ3) is 3.79. The van der Waals surface area contributed by atoms with E-state index in [0.717, 1.165) is 40.2 Å². The number of hydrogen-bond donors (Lipinski definition) is 2. The molecule has 0 saturated heterocycles. The molecular formula is C22H18ClF2N3O3. The Kier molecular flexibility index (Phi) is 5.49. The van der Waals surface area contributed by atoms with E-state index in [2.05, 4.69) is 10.2 Å². The number of halogens is 3. The maximum atomic E-state index is 14.4. The predicted molar refractivity (Wildman–Crippen MR) is 112 cm³/mol. The number of carbonyl (C=O) groups is 2. The minimum atomic E-state index is -1.16. The monoisotopic (exact) mass is 445 g/mol. The van der Waals surface area contributed by atoms with Gasteiger partial charge in [-0.3, -0.25) is 9.89 Å². The zero-order valence-corrected chi connectivity index (χ0v) is 17.2. The molecular weight excluding hydrogens is 428 g/mol. The molecule has 1 amide bonds. The van der Waals surface area contributed by atoms with Gasteiger partial charge in [0.15, 0.2) is 5.82 Å². The second kappa shape index (κ2) is 8.11. The second-order valence-corrected chi connectivity index (χ2v) is 7.82. The molecule has 1 aliphatic heterocycles. The molecule has 1 unspecified atom stereocenters. The zero-order chi connectivity index (χ0) is 22.3. The van der Waals surface area contributed by atoms with Crippen LogP contribution in [0.15, 0.2) is 36.5 Å². The van der Waals surface area contributed by atoms with Crippen molar-refractivity contribution in [2.45, 2.75) is 25.8 Å². The molecule has 0 radical (unpaired) electrons. The van der Waals surface area contributed by atoms with Gasteiger partial charge < -0.3 is 10.0 Å². The highest BCUT2D eigenvalue weighted by molar-refractivity contribution is 6.31. The maximum Gasteiger partial charge on any atom is 0.326 e. The van der Waals surface area contributed by atoms with Crippen LogP contribution in [-0.2, 0) is 16.0 Å². The van der Waals surface area contributed by atoms with E-state index in [4.69, 9.17) is 11.6 Å². The molecule has 9 heteroatoms. The topological polar surface area (TPSA) is 86.3 Å². The predicted octanol–water partition coefficient (Wildman–Crippen LogP) is 4.11. The number of aryl methyl sites for hydroxylation is 1. The Morgan fingerprint density at radius 2 is 2.10 bits per heavy atom. The number of aromatic nitrogens is 2. The van der Waals surface area contributed by atoms with Crippen molar-refractivity contribution in [1.82, 2.24) is 15.1 Å². The van der Waals surface area contributed by atoms with Crippen LogP contribution in [0.5, 0.6) is 0 Å². The van der Waals surface area contributed by atoms with E-state index < -0.39 is 29.6 Å². The molecule has 0 spiro atoms. The van der Waals surface area contributed by atoms with Crippen LogP contribution in [0.1, 0.15) is 23.1 Å². The summed E-state index contributed by atoms with van der Waals surface area (Å²) in [5.41, 5.74) is 2.22. The molecule has 1 atom stereocenters. The zero-order valence-electron chi connectivity index (χ0n) is 16.5. The summed E-state index contributed by atoms with van der Waals surface area (Å²) < 4.78 is 28.5. The number of hydrogen-bond acceptors (Lipinski definition) is 3. The summed E-state index contributed by atoms with van der Waals surface area (Å²) in [5.74, 6) is -3.54. The normalized spacial score (nSPS) is 15.3. The summed E-state index contributed by atoms with van der Waals surface area (Å²) in [4.78, 5) is 26.0. The van der Waals surface area contributed by atoms with Crippen molar-refractivity contribution in [1.29, 1.82) is 0 Å². The summed E-state index contributed by atoms with van der Waals surface area (Å²) in [6.07, 6.45) is 2.95. The number of carboxylic acid groups (broad SMARTS) is 1. The van der Waals surface area contributed by atoms with E-state index in [9.17, 15) is 23.5 Å². The lowest BCUT2D eigenvalue weighted by molar-refractivity contribution is -0.148. The van der Waals surface area contributed by atoms with E-state index in [1.165, 1.54) is 4.90 Å². The van der Waals surface area contributed by atoms with Crippen molar-refractivity contribution >= 4 is 40.0 Å². The lowest BCUT2D eigenvalue weighted by atomic mass is 9.94. The van der Waals surface area contributed by atoms with Crippen LogP contribution < -0.4 is 0 Å². The number of nitrogens with one attached hydrogen (secondary N) is 1. The van der Waals surface area contributed by atoms with Crippen LogP contribution in [0.3, 0.4) is 0 Å². The lowest BCUT2D eigenvalue weighted by Gasteiger charge is -2.32. The smallest absolute Gasteiger partial charge is 0.326 e. The third-order valence-electron chi connectivity index (χ3n) is 5.63. The first-order chi connectivity index (χ1) is 14.8. The molecule has 6 nitrogen and oxygen atoms in total. The summed E-state index contributed by atoms with van der Waals surface area (Å²) in [6.45, 7) is 1.87. The van der Waals surface area contributed by atoms with Gasteiger partial charge in [-0.05, 0) is 42.2 Å². The molecule has 0 bridgehead atoms. The molecule has 0 aliphatic carbocycles. The van der Waals surface area contributed by atoms with E-state index in [1.807, 2.05) is 19.1 Å². The average molecular weight is 446 g/mol. The quantitative estimate of drug-likeness (QED) is 0.578. The highest BCUT2D eigenvalue weighted by atomic mass is 35.5. The first kappa shape index (κ1) is 21.0. The molecule has 2 aromatic carbocycles. The Morgan fingerprint density at radius 1 is 1.32 bits per heavy atom. The van der Waals surface area contributed by atoms with Gasteiger partial charge >= 0.3 is 5.97 Å². The number of nitrogens with zero attached hydrogens (tertiary/aromatic N) is 2. The molecule has 4 rings (SSSR count). The molecule has 2 heterocycles. The van der Waals surface area contributed by atoms with Crippen molar-refractivity contribution in [3.63, 3.8) is 0 Å². The summed E-state index contributed by atoms with van der Waals surface area (Å²) in [7, 11) is 0. The Balaban J connectivity index is 1.63. The Labute approximate surface area is 181 Å². The average Bonchev–Trinajstić information content (AvgIpc) is 3.21. The van der Waals surface area contributed by atoms with E-state index in [-0.39, 0.29) is 35.5 Å². The van der Waals surface area contributed by atoms with E-state index in [1.54, 1.807) is 6.20 Å². The lowest BCUT2D eigenvalue weighted by Crippen LogP contribution is -2.47. The van der Waals surface area contributed by atoms with Gasteiger partial charge in [0.05, 0.1) is 22.3 Å². The third-order valence-corrected chi connectivity index (χ3v) is 5.92. The van der Waals surface area contributed by atoms with Crippen LogP contribution >= 0.6 is 11.6 Å². The maximum absolute atomic E-state index is 14.4. The van der Waals surface area contributed by atoms with Gasteiger partial charge in [-0.25, -0.2) is 13.6 Å². The number of benzene rings is 2.